The van der Waals surface area contributed by atoms with Crippen LogP contribution >= 0.6 is 0 Å². The van der Waals surface area contributed by atoms with E-state index < -0.39 is 5.97 Å². The monoisotopic (exact) mass is 223 g/mol. The molecule has 86 valence electrons. The molecule has 0 aliphatic carbocycles. The number of hydrogen-bond donors (Lipinski definition) is 1. The maximum atomic E-state index is 11.5. The van der Waals surface area contributed by atoms with Crippen LogP contribution in [0.4, 0.5) is 0 Å². The normalized spacial score (nSPS) is 20.4. The number of nitrogens with zero attached hydrogens (tertiary/aromatic N) is 1. The van der Waals surface area contributed by atoms with Crippen LogP contribution < -0.4 is 0 Å². The first kappa shape index (κ1) is 10.7. The van der Waals surface area contributed by atoms with Crippen molar-refractivity contribution < 1.29 is 19.1 Å². The quantitative estimate of drug-likeness (QED) is 0.839. The van der Waals surface area contributed by atoms with E-state index in [-0.39, 0.29) is 11.5 Å². The highest BCUT2D eigenvalue weighted by molar-refractivity contribution is 5.87. The molecule has 1 N–H and O–H groups in total. The maximum absolute atomic E-state index is 11.5. The van der Waals surface area contributed by atoms with Crippen molar-refractivity contribution in [3.8, 4) is 0 Å². The lowest BCUT2D eigenvalue weighted by molar-refractivity contribution is -0.128. The van der Waals surface area contributed by atoms with E-state index in [1.807, 2.05) is 6.92 Å². The third-order valence-corrected chi connectivity index (χ3v) is 2.66. The van der Waals surface area contributed by atoms with E-state index in [0.29, 0.717) is 31.2 Å². The lowest BCUT2D eigenvalue weighted by atomic mass is 10.2. The smallest absolute Gasteiger partial charge is 0.338 e. The van der Waals surface area contributed by atoms with E-state index in [9.17, 15) is 9.59 Å². The van der Waals surface area contributed by atoms with Crippen molar-refractivity contribution in [1.82, 2.24) is 4.90 Å². The van der Waals surface area contributed by atoms with E-state index in [1.165, 1.54) is 12.3 Å². The Morgan fingerprint density at radius 2 is 2.44 bits per heavy atom. The Labute approximate surface area is 92.7 Å². The Morgan fingerprint density at radius 3 is 2.94 bits per heavy atom. The molecule has 1 atom stereocenters. The molecule has 1 saturated heterocycles. The number of carbonyl (C=O) groups is 2. The molecule has 1 unspecified atom stereocenters. The maximum Gasteiger partial charge on any atom is 0.338 e. The number of carboxylic acid groups (broad SMARTS) is 1. The average molecular weight is 223 g/mol. The number of carboxylic acids is 1. The molecule has 16 heavy (non-hydrogen) atoms. The number of furan rings is 1. The van der Waals surface area contributed by atoms with E-state index in [1.54, 1.807) is 4.90 Å². The van der Waals surface area contributed by atoms with Crippen molar-refractivity contribution >= 4 is 11.9 Å². The molecule has 1 fully saturated rings. The second-order valence-electron chi connectivity index (χ2n) is 4.19. The molecule has 5 nitrogen and oxygen atoms in total. The summed E-state index contributed by atoms with van der Waals surface area (Å²) in [7, 11) is 0. The number of likely N-dealkylation sites (tertiary alicyclic amines) is 1. The highest BCUT2D eigenvalue weighted by Crippen LogP contribution is 2.20. The lowest BCUT2D eigenvalue weighted by Gasteiger charge is -2.13. The van der Waals surface area contributed by atoms with E-state index >= 15 is 0 Å². The van der Waals surface area contributed by atoms with Gasteiger partial charge < -0.3 is 14.4 Å². The SMILES string of the molecule is CC1CC(=O)N(Cc2cc(C(=O)O)co2)C1. The molecule has 0 saturated carbocycles. The standard InChI is InChI=1S/C11H13NO4/c1-7-2-10(13)12(4-7)5-9-3-8(6-16-9)11(14)15/h3,6-7H,2,4-5H2,1H3,(H,14,15). The number of rotatable bonds is 3. The van der Waals surface area contributed by atoms with Gasteiger partial charge in [-0.2, -0.15) is 0 Å². The van der Waals surface area contributed by atoms with Gasteiger partial charge in [-0.1, -0.05) is 6.92 Å². The molecular formula is C11H13NO4. The van der Waals surface area contributed by atoms with Gasteiger partial charge in [0.1, 0.15) is 12.0 Å². The molecular weight excluding hydrogens is 210 g/mol. The molecule has 0 radical (unpaired) electrons. The molecule has 5 heteroatoms. The minimum Gasteiger partial charge on any atom is -0.478 e. The predicted octanol–water partition coefficient (Wildman–Crippen LogP) is 1.35. The molecule has 1 aliphatic heterocycles. The summed E-state index contributed by atoms with van der Waals surface area (Å²) in [4.78, 5) is 23.8. The highest BCUT2D eigenvalue weighted by atomic mass is 16.4. The van der Waals surface area contributed by atoms with Crippen LogP contribution in [-0.4, -0.2) is 28.4 Å². The van der Waals surface area contributed by atoms with Crippen LogP contribution in [0.15, 0.2) is 16.7 Å². The fraction of sp³-hybridized carbons (Fsp3) is 0.455. The number of amides is 1. The molecule has 1 aliphatic rings. The summed E-state index contributed by atoms with van der Waals surface area (Å²) in [5.74, 6) is -0.0434. The zero-order valence-corrected chi connectivity index (χ0v) is 8.97. The third kappa shape index (κ3) is 2.08. The summed E-state index contributed by atoms with van der Waals surface area (Å²) in [6.07, 6.45) is 1.76. The minimum absolute atomic E-state index is 0.0979. The van der Waals surface area contributed by atoms with Crippen molar-refractivity contribution in [1.29, 1.82) is 0 Å². The van der Waals surface area contributed by atoms with Crippen LogP contribution in [0, 0.1) is 5.92 Å². The van der Waals surface area contributed by atoms with Gasteiger partial charge in [-0.05, 0) is 12.0 Å². The molecule has 2 heterocycles. The summed E-state index contributed by atoms with van der Waals surface area (Å²) in [6, 6.07) is 1.46. The third-order valence-electron chi connectivity index (χ3n) is 2.66. The summed E-state index contributed by atoms with van der Waals surface area (Å²) < 4.78 is 5.10. The minimum atomic E-state index is -1.02. The lowest BCUT2D eigenvalue weighted by Crippen LogP contribution is -2.24. The summed E-state index contributed by atoms with van der Waals surface area (Å²) in [5.41, 5.74) is 0.120. The van der Waals surface area contributed by atoms with Crippen LogP contribution in [0.3, 0.4) is 0 Å². The second kappa shape index (κ2) is 4.00. The summed E-state index contributed by atoms with van der Waals surface area (Å²) >= 11 is 0. The van der Waals surface area contributed by atoms with Crippen molar-refractivity contribution in [3.05, 3.63) is 23.7 Å². The first-order valence-corrected chi connectivity index (χ1v) is 5.14. The number of aromatic carboxylic acids is 1. The molecule has 1 aromatic heterocycles. The fourth-order valence-electron chi connectivity index (χ4n) is 1.89. The van der Waals surface area contributed by atoms with E-state index in [2.05, 4.69) is 0 Å². The van der Waals surface area contributed by atoms with Gasteiger partial charge >= 0.3 is 5.97 Å². The Hall–Kier alpha value is -1.78. The fourth-order valence-corrected chi connectivity index (χ4v) is 1.89. The van der Waals surface area contributed by atoms with Crippen LogP contribution in [0.25, 0.3) is 0 Å². The van der Waals surface area contributed by atoms with Crippen LogP contribution in [0.2, 0.25) is 0 Å². The average Bonchev–Trinajstić information content (AvgIpc) is 2.75. The van der Waals surface area contributed by atoms with Gasteiger partial charge in [-0.3, -0.25) is 4.79 Å². The van der Waals surface area contributed by atoms with Crippen molar-refractivity contribution in [2.24, 2.45) is 5.92 Å². The largest absolute Gasteiger partial charge is 0.478 e. The Balaban J connectivity index is 2.04. The zero-order chi connectivity index (χ0) is 11.7. The molecule has 0 aromatic carbocycles. The van der Waals surface area contributed by atoms with Crippen molar-refractivity contribution in [2.45, 2.75) is 19.9 Å². The molecule has 1 aromatic rings. The van der Waals surface area contributed by atoms with Gasteiger partial charge in [0, 0.05) is 13.0 Å². The molecule has 1 amide bonds. The Bertz CT molecular complexity index is 423. The molecule has 2 rings (SSSR count). The van der Waals surface area contributed by atoms with Gasteiger partial charge in [0.25, 0.3) is 0 Å². The first-order valence-electron chi connectivity index (χ1n) is 5.14. The topological polar surface area (TPSA) is 70.8 Å². The van der Waals surface area contributed by atoms with Crippen LogP contribution in [0.5, 0.6) is 0 Å². The van der Waals surface area contributed by atoms with Crippen LogP contribution in [0.1, 0.15) is 29.5 Å². The predicted molar refractivity (Wildman–Crippen MR) is 54.9 cm³/mol. The number of carbonyl (C=O) groups excluding carboxylic acids is 1. The summed E-state index contributed by atoms with van der Waals surface area (Å²) in [6.45, 7) is 3.08. The van der Waals surface area contributed by atoms with Gasteiger partial charge in [0.2, 0.25) is 5.91 Å². The van der Waals surface area contributed by atoms with Crippen molar-refractivity contribution in [3.63, 3.8) is 0 Å². The Morgan fingerprint density at radius 1 is 1.69 bits per heavy atom. The van der Waals surface area contributed by atoms with Crippen LogP contribution in [-0.2, 0) is 11.3 Å². The van der Waals surface area contributed by atoms with Gasteiger partial charge in [0.15, 0.2) is 0 Å². The first-order chi connectivity index (χ1) is 7.56. The summed E-state index contributed by atoms with van der Waals surface area (Å²) in [5, 5.41) is 8.71. The second-order valence-corrected chi connectivity index (χ2v) is 4.19. The number of hydrogen-bond acceptors (Lipinski definition) is 3. The zero-order valence-electron chi connectivity index (χ0n) is 8.97. The molecule has 0 spiro atoms. The van der Waals surface area contributed by atoms with E-state index in [4.69, 9.17) is 9.52 Å². The Kier molecular flexibility index (Phi) is 2.68. The highest BCUT2D eigenvalue weighted by Gasteiger charge is 2.27. The van der Waals surface area contributed by atoms with E-state index in [0.717, 1.165) is 0 Å². The molecule has 0 bridgehead atoms. The van der Waals surface area contributed by atoms with Gasteiger partial charge in [0.05, 0.1) is 12.1 Å². The van der Waals surface area contributed by atoms with Gasteiger partial charge in [-0.25, -0.2) is 4.79 Å². The van der Waals surface area contributed by atoms with Gasteiger partial charge in [-0.15, -0.1) is 0 Å². The van der Waals surface area contributed by atoms with Crippen molar-refractivity contribution in [2.75, 3.05) is 6.54 Å².